The lowest BCUT2D eigenvalue weighted by Gasteiger charge is -2.21. The van der Waals surface area contributed by atoms with Crippen molar-refractivity contribution in [2.45, 2.75) is 72.3 Å². The standard InChI is InChI=1S/C32H34O2S2/c1-31(2,3)33-25-11-19-29(20-12-25)35-27-15-7-23(8-16-27)24-9-17-28(18-10-24)36-30-21-13-26(14-22-30)34-32(4,5)6/h7-22H,1-6H3. The second-order valence-electron chi connectivity index (χ2n) is 10.6. The summed E-state index contributed by atoms with van der Waals surface area (Å²) in [6.45, 7) is 12.4. The van der Waals surface area contributed by atoms with E-state index in [-0.39, 0.29) is 11.2 Å². The molecule has 0 atom stereocenters. The molecule has 0 aliphatic carbocycles. The predicted molar refractivity (Wildman–Crippen MR) is 154 cm³/mol. The van der Waals surface area contributed by atoms with Crippen LogP contribution in [-0.4, -0.2) is 11.2 Å². The van der Waals surface area contributed by atoms with Crippen molar-refractivity contribution in [1.29, 1.82) is 0 Å². The molecule has 0 aromatic heterocycles. The first kappa shape index (κ1) is 26.2. The van der Waals surface area contributed by atoms with E-state index in [4.69, 9.17) is 9.47 Å². The van der Waals surface area contributed by atoms with Crippen LogP contribution < -0.4 is 9.47 Å². The van der Waals surface area contributed by atoms with Gasteiger partial charge in [0.25, 0.3) is 0 Å². The van der Waals surface area contributed by atoms with Gasteiger partial charge in [0.2, 0.25) is 0 Å². The monoisotopic (exact) mass is 514 g/mol. The highest BCUT2D eigenvalue weighted by Gasteiger charge is 2.12. The Labute approximate surface area is 224 Å². The quantitative estimate of drug-likeness (QED) is 0.244. The summed E-state index contributed by atoms with van der Waals surface area (Å²) in [4.78, 5) is 4.83. The van der Waals surface area contributed by atoms with E-state index in [2.05, 4.69) is 114 Å². The zero-order valence-corrected chi connectivity index (χ0v) is 23.5. The van der Waals surface area contributed by atoms with E-state index in [9.17, 15) is 0 Å². The summed E-state index contributed by atoms with van der Waals surface area (Å²) >= 11 is 3.52. The maximum atomic E-state index is 5.92. The van der Waals surface area contributed by atoms with Crippen LogP contribution in [0.3, 0.4) is 0 Å². The third kappa shape index (κ3) is 8.11. The molecule has 0 radical (unpaired) electrons. The Morgan fingerprint density at radius 3 is 0.889 bits per heavy atom. The average Bonchev–Trinajstić information content (AvgIpc) is 2.81. The van der Waals surface area contributed by atoms with Crippen LogP contribution in [0.25, 0.3) is 11.1 Å². The van der Waals surface area contributed by atoms with Crippen molar-refractivity contribution in [2.75, 3.05) is 0 Å². The molecule has 0 bridgehead atoms. The van der Waals surface area contributed by atoms with Crippen LogP contribution in [-0.2, 0) is 0 Å². The molecule has 0 saturated carbocycles. The minimum absolute atomic E-state index is 0.186. The summed E-state index contributed by atoms with van der Waals surface area (Å²) in [7, 11) is 0. The predicted octanol–water partition coefficient (Wildman–Crippen LogP) is 10.0. The van der Waals surface area contributed by atoms with Crippen LogP contribution in [0.2, 0.25) is 0 Å². The highest BCUT2D eigenvalue weighted by atomic mass is 32.2. The Bertz CT molecular complexity index is 1140. The number of benzene rings is 4. The van der Waals surface area contributed by atoms with Crippen molar-refractivity contribution in [2.24, 2.45) is 0 Å². The Morgan fingerprint density at radius 1 is 0.389 bits per heavy atom. The molecule has 0 aliphatic heterocycles. The van der Waals surface area contributed by atoms with Gasteiger partial charge >= 0.3 is 0 Å². The molecule has 36 heavy (non-hydrogen) atoms. The van der Waals surface area contributed by atoms with Gasteiger partial charge in [-0.1, -0.05) is 47.8 Å². The molecule has 0 unspecified atom stereocenters. The van der Waals surface area contributed by atoms with Gasteiger partial charge in [-0.25, -0.2) is 0 Å². The fourth-order valence-corrected chi connectivity index (χ4v) is 5.19. The molecular formula is C32H34O2S2. The first-order valence-electron chi connectivity index (χ1n) is 12.2. The first-order valence-corrected chi connectivity index (χ1v) is 13.8. The largest absolute Gasteiger partial charge is 0.488 e. The molecule has 4 aromatic rings. The zero-order chi connectivity index (χ0) is 25.8. The van der Waals surface area contributed by atoms with Crippen LogP contribution in [0, 0.1) is 0 Å². The molecule has 186 valence electrons. The van der Waals surface area contributed by atoms with Crippen LogP contribution in [0.1, 0.15) is 41.5 Å². The smallest absolute Gasteiger partial charge is 0.120 e. The molecule has 0 amide bonds. The summed E-state index contributed by atoms with van der Waals surface area (Å²) in [6, 6.07) is 34.1. The topological polar surface area (TPSA) is 18.5 Å². The summed E-state index contributed by atoms with van der Waals surface area (Å²) in [5, 5.41) is 0. The lowest BCUT2D eigenvalue weighted by molar-refractivity contribution is 0.130. The molecule has 2 nitrogen and oxygen atoms in total. The third-order valence-corrected chi connectivity index (χ3v) is 7.04. The van der Waals surface area contributed by atoms with Crippen molar-refractivity contribution in [3.63, 3.8) is 0 Å². The van der Waals surface area contributed by atoms with Crippen LogP contribution >= 0.6 is 23.5 Å². The molecule has 4 heteroatoms. The Kier molecular flexibility index (Phi) is 8.07. The lowest BCUT2D eigenvalue weighted by atomic mass is 10.1. The van der Waals surface area contributed by atoms with Gasteiger partial charge in [-0.05, 0) is 125 Å². The van der Waals surface area contributed by atoms with E-state index in [0.29, 0.717) is 0 Å². The molecule has 4 aromatic carbocycles. The molecule has 0 N–H and O–H groups in total. The summed E-state index contributed by atoms with van der Waals surface area (Å²) < 4.78 is 11.8. The van der Waals surface area contributed by atoms with Crippen molar-refractivity contribution >= 4 is 23.5 Å². The Balaban J connectivity index is 1.35. The van der Waals surface area contributed by atoms with Crippen molar-refractivity contribution in [1.82, 2.24) is 0 Å². The average molecular weight is 515 g/mol. The zero-order valence-electron chi connectivity index (χ0n) is 21.9. The molecule has 4 rings (SSSR count). The molecule has 0 fully saturated rings. The van der Waals surface area contributed by atoms with Gasteiger partial charge < -0.3 is 9.47 Å². The van der Waals surface area contributed by atoms with Gasteiger partial charge in [-0.15, -0.1) is 0 Å². The van der Waals surface area contributed by atoms with Crippen LogP contribution in [0.15, 0.2) is 117 Å². The summed E-state index contributed by atoms with van der Waals surface area (Å²) in [6.07, 6.45) is 0. The maximum Gasteiger partial charge on any atom is 0.120 e. The van der Waals surface area contributed by atoms with Gasteiger partial charge in [0.1, 0.15) is 22.7 Å². The normalized spacial score (nSPS) is 11.8. The minimum Gasteiger partial charge on any atom is -0.488 e. The number of ether oxygens (including phenoxy) is 2. The van der Waals surface area contributed by atoms with Gasteiger partial charge in [0.15, 0.2) is 0 Å². The Hall–Kier alpha value is -2.82. The fraction of sp³-hybridized carbons (Fsp3) is 0.250. The molecule has 0 spiro atoms. The summed E-state index contributed by atoms with van der Waals surface area (Å²) in [5.41, 5.74) is 2.06. The second-order valence-corrected chi connectivity index (χ2v) is 12.9. The van der Waals surface area contributed by atoms with E-state index in [0.717, 1.165) is 11.5 Å². The molecule has 0 aliphatic rings. The van der Waals surface area contributed by atoms with E-state index in [1.54, 1.807) is 23.5 Å². The molecule has 0 saturated heterocycles. The van der Waals surface area contributed by atoms with Gasteiger partial charge in [-0.2, -0.15) is 0 Å². The number of rotatable bonds is 7. The highest BCUT2D eigenvalue weighted by Crippen LogP contribution is 2.34. The number of hydrogen-bond acceptors (Lipinski definition) is 4. The third-order valence-electron chi connectivity index (χ3n) is 5.01. The van der Waals surface area contributed by atoms with E-state index in [1.165, 1.54) is 30.7 Å². The fourth-order valence-electron chi connectivity index (χ4n) is 3.56. The van der Waals surface area contributed by atoms with Gasteiger partial charge in [-0.3, -0.25) is 0 Å². The van der Waals surface area contributed by atoms with Crippen molar-refractivity contribution in [3.8, 4) is 22.6 Å². The van der Waals surface area contributed by atoms with Crippen LogP contribution in [0.4, 0.5) is 0 Å². The van der Waals surface area contributed by atoms with Gasteiger partial charge in [0.05, 0.1) is 0 Å². The van der Waals surface area contributed by atoms with E-state index >= 15 is 0 Å². The summed E-state index contributed by atoms with van der Waals surface area (Å²) in [5.74, 6) is 1.80. The van der Waals surface area contributed by atoms with Crippen molar-refractivity contribution < 1.29 is 9.47 Å². The first-order chi connectivity index (χ1) is 17.0. The van der Waals surface area contributed by atoms with E-state index < -0.39 is 0 Å². The highest BCUT2D eigenvalue weighted by molar-refractivity contribution is 7.99. The second kappa shape index (κ2) is 11.1. The number of hydrogen-bond donors (Lipinski definition) is 0. The minimum atomic E-state index is -0.186. The molecule has 0 heterocycles. The lowest BCUT2D eigenvalue weighted by Crippen LogP contribution is -2.22. The maximum absolute atomic E-state index is 5.92. The van der Waals surface area contributed by atoms with Crippen LogP contribution in [0.5, 0.6) is 11.5 Å². The molecular weight excluding hydrogens is 480 g/mol. The van der Waals surface area contributed by atoms with Crippen molar-refractivity contribution in [3.05, 3.63) is 97.1 Å². The SMILES string of the molecule is CC(C)(C)Oc1ccc(Sc2ccc(-c3ccc(Sc4ccc(OC(C)(C)C)cc4)cc3)cc2)cc1. The Morgan fingerprint density at radius 2 is 0.639 bits per heavy atom. The van der Waals surface area contributed by atoms with E-state index in [1.807, 2.05) is 24.3 Å². The van der Waals surface area contributed by atoms with Gasteiger partial charge in [0, 0.05) is 19.6 Å².